The van der Waals surface area contributed by atoms with Gasteiger partial charge in [0.2, 0.25) is 0 Å². The van der Waals surface area contributed by atoms with E-state index in [0.717, 1.165) is 11.1 Å². The summed E-state index contributed by atoms with van der Waals surface area (Å²) < 4.78 is 0. The van der Waals surface area contributed by atoms with Gasteiger partial charge in [0.1, 0.15) is 0 Å². The van der Waals surface area contributed by atoms with Crippen LogP contribution in [0.4, 0.5) is 11.4 Å². The zero-order valence-electron chi connectivity index (χ0n) is 8.77. The number of benzene rings is 2. The van der Waals surface area contributed by atoms with Crippen LogP contribution in [0.2, 0.25) is 0 Å². The predicted octanol–water partition coefficient (Wildman–Crippen LogP) is 2.25. The molecule has 0 fully saturated rings. The molecule has 0 aliphatic rings. The molecule has 16 heavy (non-hydrogen) atoms. The van der Waals surface area contributed by atoms with Gasteiger partial charge in [-0.2, -0.15) is 0 Å². The van der Waals surface area contributed by atoms with Crippen molar-refractivity contribution in [3.05, 3.63) is 59.7 Å². The van der Waals surface area contributed by atoms with E-state index < -0.39 is 0 Å². The highest BCUT2D eigenvalue weighted by Crippen LogP contribution is 2.15. The zero-order valence-corrected chi connectivity index (χ0v) is 8.77. The van der Waals surface area contributed by atoms with Crippen LogP contribution in [0.15, 0.2) is 48.5 Å². The maximum absolute atomic E-state index is 5.70. The van der Waals surface area contributed by atoms with E-state index in [9.17, 15) is 0 Å². The predicted molar refractivity (Wildman–Crippen MR) is 67.7 cm³/mol. The van der Waals surface area contributed by atoms with E-state index in [0.29, 0.717) is 11.4 Å². The molecular formula is C14H12N2. The highest BCUT2D eigenvalue weighted by atomic mass is 14.7. The third-order valence-electron chi connectivity index (χ3n) is 2.21. The number of hydrogen-bond donors (Lipinski definition) is 2. The summed E-state index contributed by atoms with van der Waals surface area (Å²) in [5.74, 6) is 6.10. The maximum atomic E-state index is 5.70. The molecule has 0 atom stereocenters. The van der Waals surface area contributed by atoms with E-state index in [-0.39, 0.29) is 0 Å². The quantitative estimate of drug-likeness (QED) is 0.515. The van der Waals surface area contributed by atoms with Crippen LogP contribution in [0.3, 0.4) is 0 Å². The van der Waals surface area contributed by atoms with E-state index in [4.69, 9.17) is 11.5 Å². The lowest BCUT2D eigenvalue weighted by molar-refractivity contribution is 1.61. The second-order valence-electron chi connectivity index (χ2n) is 3.46. The molecule has 2 heteroatoms. The minimum absolute atomic E-state index is 0.569. The molecule has 0 bridgehead atoms. The minimum atomic E-state index is 0.569. The van der Waals surface area contributed by atoms with Gasteiger partial charge in [0.05, 0.1) is 11.4 Å². The van der Waals surface area contributed by atoms with Crippen LogP contribution < -0.4 is 11.5 Å². The number of rotatable bonds is 0. The van der Waals surface area contributed by atoms with Crippen LogP contribution >= 0.6 is 0 Å². The molecule has 0 unspecified atom stereocenters. The number of hydrogen-bond acceptors (Lipinski definition) is 2. The molecule has 2 rings (SSSR count). The van der Waals surface area contributed by atoms with Gasteiger partial charge in [-0.25, -0.2) is 0 Å². The van der Waals surface area contributed by atoms with Crippen LogP contribution in [0.5, 0.6) is 0 Å². The van der Waals surface area contributed by atoms with Gasteiger partial charge in [-0.15, -0.1) is 0 Å². The molecule has 2 aromatic rings. The summed E-state index contributed by atoms with van der Waals surface area (Å²) in [6.07, 6.45) is 0. The van der Waals surface area contributed by atoms with E-state index in [1.54, 1.807) is 12.1 Å². The third-order valence-corrected chi connectivity index (χ3v) is 2.21. The summed E-state index contributed by atoms with van der Waals surface area (Å²) in [5, 5.41) is 0. The van der Waals surface area contributed by atoms with Crippen molar-refractivity contribution in [2.24, 2.45) is 0 Å². The Labute approximate surface area is 94.9 Å². The summed E-state index contributed by atoms with van der Waals surface area (Å²) in [6.45, 7) is 0. The first-order chi connectivity index (χ1) is 7.75. The molecular weight excluding hydrogens is 196 g/mol. The number of nitrogen functional groups attached to an aromatic ring is 2. The van der Waals surface area contributed by atoms with Crippen molar-refractivity contribution < 1.29 is 0 Å². The molecule has 0 heterocycles. The Morgan fingerprint density at radius 1 is 0.688 bits per heavy atom. The summed E-state index contributed by atoms with van der Waals surface area (Å²) >= 11 is 0. The lowest BCUT2D eigenvalue weighted by Gasteiger charge is -1.98. The van der Waals surface area contributed by atoms with Crippen molar-refractivity contribution in [3.8, 4) is 11.8 Å². The van der Waals surface area contributed by atoms with Crippen molar-refractivity contribution in [2.45, 2.75) is 0 Å². The second kappa shape index (κ2) is 4.41. The van der Waals surface area contributed by atoms with Crippen molar-refractivity contribution in [1.29, 1.82) is 0 Å². The standard InChI is InChI=1S/C14H12N2/c15-13-9-8-12(10-14(13)16)7-6-11-4-2-1-3-5-11/h1-5,8-10H,15-16H2. The molecule has 2 nitrogen and oxygen atoms in total. The van der Waals surface area contributed by atoms with Gasteiger partial charge in [-0.3, -0.25) is 0 Å². The molecule has 4 N–H and O–H groups in total. The zero-order chi connectivity index (χ0) is 11.4. The first-order valence-electron chi connectivity index (χ1n) is 4.98. The molecule has 0 aliphatic carbocycles. The molecule has 2 aromatic carbocycles. The van der Waals surface area contributed by atoms with Gasteiger partial charge in [-0.1, -0.05) is 30.0 Å². The van der Waals surface area contributed by atoms with Gasteiger partial charge < -0.3 is 11.5 Å². The van der Waals surface area contributed by atoms with Crippen molar-refractivity contribution in [2.75, 3.05) is 11.5 Å². The fraction of sp³-hybridized carbons (Fsp3) is 0. The average molecular weight is 208 g/mol. The Hall–Kier alpha value is -2.40. The summed E-state index contributed by atoms with van der Waals surface area (Å²) in [4.78, 5) is 0. The second-order valence-corrected chi connectivity index (χ2v) is 3.46. The van der Waals surface area contributed by atoms with Crippen molar-refractivity contribution in [3.63, 3.8) is 0 Å². The molecule has 0 amide bonds. The van der Waals surface area contributed by atoms with Crippen LogP contribution in [0, 0.1) is 11.8 Å². The molecule has 0 radical (unpaired) electrons. The first kappa shape index (κ1) is 10.1. The van der Waals surface area contributed by atoms with Gasteiger partial charge in [0, 0.05) is 11.1 Å². The third kappa shape index (κ3) is 2.34. The molecule has 0 aromatic heterocycles. The summed E-state index contributed by atoms with van der Waals surface area (Å²) in [6, 6.07) is 15.2. The normalized spacial score (nSPS) is 9.25. The largest absolute Gasteiger partial charge is 0.397 e. The van der Waals surface area contributed by atoms with Crippen LogP contribution in [-0.4, -0.2) is 0 Å². The average Bonchev–Trinajstić information content (AvgIpc) is 2.32. The Morgan fingerprint density at radius 2 is 1.38 bits per heavy atom. The topological polar surface area (TPSA) is 52.0 Å². The fourth-order valence-corrected chi connectivity index (χ4v) is 1.32. The van der Waals surface area contributed by atoms with Crippen LogP contribution in [0.1, 0.15) is 11.1 Å². The first-order valence-corrected chi connectivity index (χ1v) is 4.98. The van der Waals surface area contributed by atoms with Crippen molar-refractivity contribution in [1.82, 2.24) is 0 Å². The lowest BCUT2D eigenvalue weighted by Crippen LogP contribution is -1.94. The minimum Gasteiger partial charge on any atom is -0.397 e. The van der Waals surface area contributed by atoms with E-state index in [2.05, 4.69) is 11.8 Å². The molecule has 0 aliphatic heterocycles. The van der Waals surface area contributed by atoms with Gasteiger partial charge in [-0.05, 0) is 30.3 Å². The Balaban J connectivity index is 2.28. The van der Waals surface area contributed by atoms with Gasteiger partial charge >= 0.3 is 0 Å². The smallest absolute Gasteiger partial charge is 0.0560 e. The van der Waals surface area contributed by atoms with Crippen molar-refractivity contribution >= 4 is 11.4 Å². The Morgan fingerprint density at radius 3 is 2.06 bits per heavy atom. The van der Waals surface area contributed by atoms with Gasteiger partial charge in [0.25, 0.3) is 0 Å². The number of anilines is 2. The summed E-state index contributed by atoms with van der Waals surface area (Å²) in [5.41, 5.74) is 14.3. The Kier molecular flexibility index (Phi) is 2.79. The molecule has 78 valence electrons. The Bertz CT molecular complexity index is 548. The van der Waals surface area contributed by atoms with E-state index in [1.807, 2.05) is 36.4 Å². The fourth-order valence-electron chi connectivity index (χ4n) is 1.32. The highest BCUT2D eigenvalue weighted by Gasteiger charge is 1.93. The van der Waals surface area contributed by atoms with Gasteiger partial charge in [0.15, 0.2) is 0 Å². The maximum Gasteiger partial charge on any atom is 0.0560 e. The summed E-state index contributed by atoms with van der Waals surface area (Å²) in [7, 11) is 0. The SMILES string of the molecule is Nc1ccc(C#Cc2ccccc2)cc1N. The monoisotopic (exact) mass is 208 g/mol. The lowest BCUT2D eigenvalue weighted by atomic mass is 10.1. The highest BCUT2D eigenvalue weighted by molar-refractivity contribution is 5.66. The van der Waals surface area contributed by atoms with E-state index in [1.165, 1.54) is 0 Å². The molecule has 0 saturated carbocycles. The number of nitrogens with two attached hydrogens (primary N) is 2. The molecule has 0 spiro atoms. The van der Waals surface area contributed by atoms with Crippen LogP contribution in [-0.2, 0) is 0 Å². The molecule has 0 saturated heterocycles. The van der Waals surface area contributed by atoms with Crippen LogP contribution in [0.25, 0.3) is 0 Å². The van der Waals surface area contributed by atoms with E-state index >= 15 is 0 Å².